The molecule has 0 radical (unpaired) electrons. The van der Waals surface area contributed by atoms with Crippen molar-refractivity contribution in [2.75, 3.05) is 30.3 Å². The summed E-state index contributed by atoms with van der Waals surface area (Å²) in [7, 11) is 0. The quantitative estimate of drug-likeness (QED) is 0.703. The van der Waals surface area contributed by atoms with Gasteiger partial charge in [-0.15, -0.1) is 0 Å². The van der Waals surface area contributed by atoms with E-state index in [1.165, 1.54) is 19.3 Å². The van der Waals surface area contributed by atoms with E-state index in [1.807, 2.05) is 6.07 Å². The first-order valence-electron chi connectivity index (χ1n) is 7.02. The zero-order valence-corrected chi connectivity index (χ0v) is 11.8. The van der Waals surface area contributed by atoms with E-state index in [9.17, 15) is 0 Å². The topological polar surface area (TPSA) is 70.1 Å². The molecule has 1 aliphatic carbocycles. The van der Waals surface area contributed by atoms with Gasteiger partial charge in [0.2, 0.25) is 0 Å². The highest BCUT2D eigenvalue weighted by Crippen LogP contribution is 2.41. The molecule has 1 saturated carbocycles. The van der Waals surface area contributed by atoms with E-state index >= 15 is 0 Å². The fourth-order valence-electron chi connectivity index (χ4n) is 2.39. The highest BCUT2D eigenvalue weighted by atomic mass is 16.3. The summed E-state index contributed by atoms with van der Waals surface area (Å²) in [6, 6.07) is 1.88. The molecule has 19 heavy (non-hydrogen) atoms. The van der Waals surface area contributed by atoms with Crippen molar-refractivity contribution in [2.45, 2.75) is 33.1 Å². The molecular formula is C14H24N4O. The molecule has 0 saturated heterocycles. The Kier molecular flexibility index (Phi) is 4.58. The van der Waals surface area contributed by atoms with Gasteiger partial charge in [0.05, 0.1) is 6.61 Å². The summed E-state index contributed by atoms with van der Waals surface area (Å²) in [5.74, 6) is 2.41. The molecule has 1 heterocycles. The molecule has 1 aromatic rings. The molecule has 0 aromatic carbocycles. The lowest BCUT2D eigenvalue weighted by molar-refractivity contribution is 0.134. The fourth-order valence-corrected chi connectivity index (χ4v) is 2.39. The second-order valence-electron chi connectivity index (χ2n) is 5.91. The maximum absolute atomic E-state index is 8.78. The minimum atomic E-state index is 0.0987. The van der Waals surface area contributed by atoms with Crippen LogP contribution >= 0.6 is 0 Å². The van der Waals surface area contributed by atoms with Crippen LogP contribution in [0.1, 0.15) is 33.1 Å². The normalized spacial score (nSPS) is 15.9. The number of aliphatic hydroxyl groups is 1. The average Bonchev–Trinajstić information content (AvgIpc) is 2.32. The Bertz CT molecular complexity index is 404. The van der Waals surface area contributed by atoms with Crippen molar-refractivity contribution < 1.29 is 5.11 Å². The van der Waals surface area contributed by atoms with E-state index in [4.69, 9.17) is 5.11 Å². The van der Waals surface area contributed by atoms with Gasteiger partial charge in [-0.25, -0.2) is 9.97 Å². The summed E-state index contributed by atoms with van der Waals surface area (Å²) in [6.07, 6.45) is 5.61. The molecule has 5 heteroatoms. The first-order valence-corrected chi connectivity index (χ1v) is 7.02. The van der Waals surface area contributed by atoms with Crippen LogP contribution in [0.2, 0.25) is 0 Å². The maximum atomic E-state index is 8.78. The van der Waals surface area contributed by atoms with E-state index in [2.05, 4.69) is 34.4 Å². The van der Waals surface area contributed by atoms with Crippen LogP contribution in [0, 0.1) is 11.3 Å². The third-order valence-corrected chi connectivity index (χ3v) is 4.02. The molecule has 1 aromatic heterocycles. The molecule has 1 aliphatic rings. The molecule has 2 rings (SSSR count). The molecule has 0 spiro atoms. The maximum Gasteiger partial charge on any atom is 0.131 e. The summed E-state index contributed by atoms with van der Waals surface area (Å²) >= 11 is 0. The molecule has 106 valence electrons. The predicted molar refractivity (Wildman–Crippen MR) is 77.2 cm³/mol. The molecule has 0 amide bonds. The van der Waals surface area contributed by atoms with E-state index in [0.29, 0.717) is 12.0 Å². The number of rotatable bonds is 7. The summed E-state index contributed by atoms with van der Waals surface area (Å²) in [4.78, 5) is 8.34. The number of aliphatic hydroxyl groups excluding tert-OH is 1. The first kappa shape index (κ1) is 14.1. The van der Waals surface area contributed by atoms with Crippen LogP contribution in [0.4, 0.5) is 11.6 Å². The second kappa shape index (κ2) is 6.19. The van der Waals surface area contributed by atoms with E-state index in [-0.39, 0.29) is 6.61 Å². The summed E-state index contributed by atoms with van der Waals surface area (Å²) in [5.41, 5.74) is 0.307. The number of nitrogens with one attached hydrogen (secondary N) is 2. The van der Waals surface area contributed by atoms with Crippen LogP contribution < -0.4 is 10.6 Å². The van der Waals surface area contributed by atoms with E-state index in [1.54, 1.807) is 6.33 Å². The van der Waals surface area contributed by atoms with Crippen molar-refractivity contribution in [1.29, 1.82) is 0 Å². The largest absolute Gasteiger partial charge is 0.395 e. The summed E-state index contributed by atoms with van der Waals surface area (Å²) in [6.45, 7) is 6.16. The highest BCUT2D eigenvalue weighted by molar-refractivity contribution is 5.46. The minimum absolute atomic E-state index is 0.0987. The summed E-state index contributed by atoms with van der Waals surface area (Å²) in [5, 5.41) is 15.2. The Morgan fingerprint density at radius 3 is 2.53 bits per heavy atom. The highest BCUT2D eigenvalue weighted by Gasteiger charge is 2.33. The number of anilines is 2. The number of aromatic nitrogens is 2. The van der Waals surface area contributed by atoms with Crippen molar-refractivity contribution in [3.8, 4) is 0 Å². The third-order valence-electron chi connectivity index (χ3n) is 4.02. The van der Waals surface area contributed by atoms with Gasteiger partial charge in [0, 0.05) is 19.2 Å². The zero-order valence-electron chi connectivity index (χ0n) is 11.8. The van der Waals surface area contributed by atoms with E-state index in [0.717, 1.165) is 24.1 Å². The minimum Gasteiger partial charge on any atom is -0.395 e. The van der Waals surface area contributed by atoms with Gasteiger partial charge in [-0.2, -0.15) is 0 Å². The Morgan fingerprint density at radius 2 is 1.95 bits per heavy atom. The van der Waals surface area contributed by atoms with Crippen molar-refractivity contribution in [1.82, 2.24) is 9.97 Å². The van der Waals surface area contributed by atoms with Gasteiger partial charge in [0.15, 0.2) is 0 Å². The average molecular weight is 264 g/mol. The number of hydrogen-bond acceptors (Lipinski definition) is 5. The van der Waals surface area contributed by atoms with Crippen LogP contribution in [0.5, 0.6) is 0 Å². The summed E-state index contributed by atoms with van der Waals surface area (Å²) < 4.78 is 0. The lowest BCUT2D eigenvalue weighted by atomic mass is 9.67. The molecule has 0 atom stereocenters. The van der Waals surface area contributed by atoms with Gasteiger partial charge >= 0.3 is 0 Å². The second-order valence-corrected chi connectivity index (χ2v) is 5.91. The molecule has 0 aliphatic heterocycles. The molecule has 1 fully saturated rings. The van der Waals surface area contributed by atoms with Crippen LogP contribution in [-0.4, -0.2) is 34.8 Å². The van der Waals surface area contributed by atoms with Gasteiger partial charge in [0.25, 0.3) is 0 Å². The fraction of sp³-hybridized carbons (Fsp3) is 0.714. The van der Waals surface area contributed by atoms with Crippen molar-refractivity contribution in [2.24, 2.45) is 11.3 Å². The monoisotopic (exact) mass is 264 g/mol. The predicted octanol–water partition coefficient (Wildman–Crippen LogP) is 2.12. The third kappa shape index (κ3) is 3.80. The SMILES string of the molecule is CC(C)(CNc1cc(NCCO)ncn1)C1CCC1. The molecule has 0 unspecified atom stereocenters. The first-order chi connectivity index (χ1) is 9.12. The van der Waals surface area contributed by atoms with Crippen LogP contribution in [-0.2, 0) is 0 Å². The lowest BCUT2D eigenvalue weighted by Gasteiger charge is -2.40. The van der Waals surface area contributed by atoms with Gasteiger partial charge < -0.3 is 15.7 Å². The van der Waals surface area contributed by atoms with Gasteiger partial charge in [-0.1, -0.05) is 20.3 Å². The molecular weight excluding hydrogens is 240 g/mol. The van der Waals surface area contributed by atoms with Crippen LogP contribution in [0.15, 0.2) is 12.4 Å². The molecule has 3 N–H and O–H groups in total. The van der Waals surface area contributed by atoms with Crippen molar-refractivity contribution in [3.63, 3.8) is 0 Å². The Labute approximate surface area is 114 Å². The molecule has 5 nitrogen and oxygen atoms in total. The molecule has 0 bridgehead atoms. The standard InChI is InChI=1S/C14H24N4O/c1-14(2,11-4-3-5-11)9-16-13-8-12(15-6-7-19)17-10-18-13/h8,10-11,19H,3-7,9H2,1-2H3,(H2,15,16,17,18). The van der Waals surface area contributed by atoms with Crippen LogP contribution in [0.25, 0.3) is 0 Å². The smallest absolute Gasteiger partial charge is 0.131 e. The Hall–Kier alpha value is -1.36. The van der Waals surface area contributed by atoms with Crippen LogP contribution in [0.3, 0.4) is 0 Å². The Morgan fingerprint density at radius 1 is 1.26 bits per heavy atom. The number of hydrogen-bond donors (Lipinski definition) is 3. The van der Waals surface area contributed by atoms with Crippen molar-refractivity contribution >= 4 is 11.6 Å². The van der Waals surface area contributed by atoms with Gasteiger partial charge in [-0.05, 0) is 24.2 Å². The lowest BCUT2D eigenvalue weighted by Crippen LogP contribution is -2.35. The van der Waals surface area contributed by atoms with Crippen molar-refractivity contribution in [3.05, 3.63) is 12.4 Å². The van der Waals surface area contributed by atoms with Gasteiger partial charge in [-0.3, -0.25) is 0 Å². The number of nitrogens with zero attached hydrogens (tertiary/aromatic N) is 2. The zero-order chi connectivity index (χ0) is 13.7. The van der Waals surface area contributed by atoms with E-state index < -0.39 is 0 Å². The Balaban J connectivity index is 1.88. The van der Waals surface area contributed by atoms with Gasteiger partial charge in [0.1, 0.15) is 18.0 Å².